The smallest absolute Gasteiger partial charge is 0.0603 e. The van der Waals surface area contributed by atoms with Gasteiger partial charge in [0.25, 0.3) is 0 Å². The summed E-state index contributed by atoms with van der Waals surface area (Å²) in [5.74, 6) is 2.65. The van der Waals surface area contributed by atoms with Gasteiger partial charge in [0.2, 0.25) is 0 Å². The highest BCUT2D eigenvalue weighted by molar-refractivity contribution is 4.79. The van der Waals surface area contributed by atoms with Crippen LogP contribution in [0.3, 0.4) is 0 Å². The minimum absolute atomic E-state index is 0.610. The fourth-order valence-electron chi connectivity index (χ4n) is 2.93. The zero-order valence-corrected chi connectivity index (χ0v) is 9.67. The Morgan fingerprint density at radius 2 is 1.43 bits per heavy atom. The summed E-state index contributed by atoms with van der Waals surface area (Å²) in [7, 11) is 0. The van der Waals surface area contributed by atoms with Crippen LogP contribution < -0.4 is 0 Å². The molecule has 2 aliphatic rings. The molecule has 82 valence electrons. The molecule has 1 heteroatoms. The summed E-state index contributed by atoms with van der Waals surface area (Å²) in [4.78, 5) is 0. The van der Waals surface area contributed by atoms with E-state index in [0.717, 1.165) is 24.4 Å². The quantitative estimate of drug-likeness (QED) is 0.622. The highest BCUT2D eigenvalue weighted by Crippen LogP contribution is 2.35. The fraction of sp³-hybridized carbons (Fsp3) is 1.00. The minimum atomic E-state index is 0.610. The molecular formula is C13H24O. The molecule has 2 fully saturated rings. The van der Waals surface area contributed by atoms with Gasteiger partial charge >= 0.3 is 0 Å². The second-order valence-electron chi connectivity index (χ2n) is 5.57. The number of hydrogen-bond acceptors (Lipinski definition) is 1. The largest absolute Gasteiger partial charge is 0.378 e. The molecule has 0 aromatic rings. The highest BCUT2D eigenvalue weighted by Gasteiger charge is 2.29. The number of hydrogen-bond donors (Lipinski definition) is 0. The van der Waals surface area contributed by atoms with Crippen molar-refractivity contribution in [3.63, 3.8) is 0 Å². The second kappa shape index (κ2) is 4.65. The summed E-state index contributed by atoms with van der Waals surface area (Å²) in [5.41, 5.74) is 0. The van der Waals surface area contributed by atoms with Crippen molar-refractivity contribution in [1.82, 2.24) is 0 Å². The predicted molar refractivity (Wildman–Crippen MR) is 59.3 cm³/mol. The highest BCUT2D eigenvalue weighted by atomic mass is 16.5. The van der Waals surface area contributed by atoms with Crippen molar-refractivity contribution in [2.24, 2.45) is 17.8 Å². The SMILES string of the molecule is CC1CCC(C2CC[C@H](C)CO2)CC1. The Bertz CT molecular complexity index is 142. The van der Waals surface area contributed by atoms with Crippen molar-refractivity contribution >= 4 is 0 Å². The monoisotopic (exact) mass is 196 g/mol. The van der Waals surface area contributed by atoms with Crippen molar-refractivity contribution in [2.75, 3.05) is 6.61 Å². The molecule has 0 aromatic heterocycles. The maximum absolute atomic E-state index is 5.96. The molecule has 0 aromatic carbocycles. The molecule has 0 radical (unpaired) electrons. The third-order valence-corrected chi connectivity index (χ3v) is 4.13. The van der Waals surface area contributed by atoms with E-state index in [2.05, 4.69) is 13.8 Å². The third-order valence-electron chi connectivity index (χ3n) is 4.13. The number of rotatable bonds is 1. The molecule has 0 spiro atoms. The summed E-state index contributed by atoms with van der Waals surface area (Å²) in [6, 6.07) is 0. The minimum Gasteiger partial charge on any atom is -0.378 e. The lowest BCUT2D eigenvalue weighted by molar-refractivity contribution is -0.0538. The molecule has 14 heavy (non-hydrogen) atoms. The van der Waals surface area contributed by atoms with Gasteiger partial charge in [-0.05, 0) is 43.4 Å². The Balaban J connectivity index is 1.78. The summed E-state index contributed by atoms with van der Waals surface area (Å²) < 4.78 is 5.96. The zero-order chi connectivity index (χ0) is 9.97. The van der Waals surface area contributed by atoms with Gasteiger partial charge in [-0.15, -0.1) is 0 Å². The van der Waals surface area contributed by atoms with E-state index >= 15 is 0 Å². The van der Waals surface area contributed by atoms with E-state index in [1.165, 1.54) is 38.5 Å². The van der Waals surface area contributed by atoms with E-state index in [9.17, 15) is 0 Å². The standard InChI is InChI=1S/C13H24O/c1-10-3-6-12(7-4-10)13-8-5-11(2)9-14-13/h10-13H,3-9H2,1-2H3/t10?,11-,12?,13?/m0/s1. The molecule has 2 rings (SSSR count). The Morgan fingerprint density at radius 3 is 2.00 bits per heavy atom. The van der Waals surface area contributed by atoms with Crippen LogP contribution in [0, 0.1) is 17.8 Å². The van der Waals surface area contributed by atoms with Crippen LogP contribution in [-0.4, -0.2) is 12.7 Å². The zero-order valence-electron chi connectivity index (χ0n) is 9.67. The van der Waals surface area contributed by atoms with E-state index in [-0.39, 0.29) is 0 Å². The van der Waals surface area contributed by atoms with Crippen LogP contribution in [0.2, 0.25) is 0 Å². The third kappa shape index (κ3) is 2.50. The van der Waals surface area contributed by atoms with Crippen LogP contribution in [0.5, 0.6) is 0 Å². The summed E-state index contributed by atoms with van der Waals surface area (Å²) in [6.07, 6.45) is 9.01. The molecule has 1 aliphatic heterocycles. The maximum atomic E-state index is 5.96. The van der Waals surface area contributed by atoms with E-state index in [1.54, 1.807) is 0 Å². The first-order valence-electron chi connectivity index (χ1n) is 6.37. The Labute approximate surface area is 88.2 Å². The van der Waals surface area contributed by atoms with Crippen molar-refractivity contribution in [3.8, 4) is 0 Å². The van der Waals surface area contributed by atoms with Gasteiger partial charge in [-0.1, -0.05) is 26.7 Å². The lowest BCUT2D eigenvalue weighted by Gasteiger charge is -2.36. The summed E-state index contributed by atoms with van der Waals surface area (Å²) in [5, 5.41) is 0. The number of ether oxygens (including phenoxy) is 1. The van der Waals surface area contributed by atoms with Gasteiger partial charge in [0.05, 0.1) is 6.10 Å². The van der Waals surface area contributed by atoms with Crippen molar-refractivity contribution in [3.05, 3.63) is 0 Å². The van der Waals surface area contributed by atoms with Crippen LogP contribution in [0.4, 0.5) is 0 Å². The summed E-state index contributed by atoms with van der Waals surface area (Å²) in [6.45, 7) is 5.70. The van der Waals surface area contributed by atoms with Gasteiger partial charge in [0, 0.05) is 6.61 Å². The topological polar surface area (TPSA) is 9.23 Å². The van der Waals surface area contributed by atoms with Crippen LogP contribution >= 0.6 is 0 Å². The van der Waals surface area contributed by atoms with Gasteiger partial charge in [-0.25, -0.2) is 0 Å². The molecule has 2 atom stereocenters. The molecular weight excluding hydrogens is 172 g/mol. The first-order valence-corrected chi connectivity index (χ1v) is 6.37. The second-order valence-corrected chi connectivity index (χ2v) is 5.57. The van der Waals surface area contributed by atoms with Crippen LogP contribution in [0.15, 0.2) is 0 Å². The molecule has 0 amide bonds. The molecule has 1 heterocycles. The van der Waals surface area contributed by atoms with Crippen molar-refractivity contribution in [2.45, 2.75) is 58.5 Å². The van der Waals surface area contributed by atoms with Crippen LogP contribution in [0.1, 0.15) is 52.4 Å². The molecule has 1 saturated carbocycles. The van der Waals surface area contributed by atoms with Gasteiger partial charge in [-0.2, -0.15) is 0 Å². The van der Waals surface area contributed by atoms with Gasteiger partial charge in [-0.3, -0.25) is 0 Å². The fourth-order valence-corrected chi connectivity index (χ4v) is 2.93. The van der Waals surface area contributed by atoms with Crippen molar-refractivity contribution in [1.29, 1.82) is 0 Å². The van der Waals surface area contributed by atoms with E-state index < -0.39 is 0 Å². The molecule has 1 saturated heterocycles. The van der Waals surface area contributed by atoms with Gasteiger partial charge < -0.3 is 4.74 Å². The van der Waals surface area contributed by atoms with Gasteiger partial charge in [0.15, 0.2) is 0 Å². The average Bonchev–Trinajstić information content (AvgIpc) is 2.21. The van der Waals surface area contributed by atoms with E-state index in [4.69, 9.17) is 4.74 Å². The maximum Gasteiger partial charge on any atom is 0.0603 e. The van der Waals surface area contributed by atoms with E-state index in [0.29, 0.717) is 6.10 Å². The van der Waals surface area contributed by atoms with Crippen molar-refractivity contribution < 1.29 is 4.74 Å². The first kappa shape index (κ1) is 10.5. The lowest BCUT2D eigenvalue weighted by atomic mass is 9.78. The molecule has 0 bridgehead atoms. The normalized spacial score (nSPS) is 45.0. The Hall–Kier alpha value is -0.0400. The lowest BCUT2D eigenvalue weighted by Crippen LogP contribution is -2.33. The first-order chi connectivity index (χ1) is 6.75. The Morgan fingerprint density at radius 1 is 0.786 bits per heavy atom. The molecule has 1 aliphatic carbocycles. The Kier molecular flexibility index (Phi) is 3.48. The summed E-state index contributed by atoms with van der Waals surface area (Å²) >= 11 is 0. The van der Waals surface area contributed by atoms with Crippen LogP contribution in [-0.2, 0) is 4.74 Å². The van der Waals surface area contributed by atoms with Crippen LogP contribution in [0.25, 0.3) is 0 Å². The van der Waals surface area contributed by atoms with E-state index in [1.807, 2.05) is 0 Å². The molecule has 1 unspecified atom stereocenters. The molecule has 0 N–H and O–H groups in total. The molecule has 1 nitrogen and oxygen atoms in total. The van der Waals surface area contributed by atoms with Gasteiger partial charge in [0.1, 0.15) is 0 Å². The predicted octanol–water partition coefficient (Wildman–Crippen LogP) is 3.63. The average molecular weight is 196 g/mol.